The van der Waals surface area contributed by atoms with Crippen LogP contribution in [-0.4, -0.2) is 37.5 Å². The van der Waals surface area contributed by atoms with Crippen molar-refractivity contribution in [3.63, 3.8) is 0 Å². The minimum Gasteiger partial charge on any atom is -0.481 e. The molecule has 0 saturated heterocycles. The van der Waals surface area contributed by atoms with E-state index in [1.54, 1.807) is 0 Å². The Morgan fingerprint density at radius 3 is 2.53 bits per heavy atom. The summed E-state index contributed by atoms with van der Waals surface area (Å²) in [4.78, 5) is 10.7. The van der Waals surface area contributed by atoms with E-state index in [-0.39, 0.29) is 0 Å². The van der Waals surface area contributed by atoms with Crippen molar-refractivity contribution in [2.75, 3.05) is 0 Å². The number of carboxylic acid groups (broad SMARTS) is 1. The van der Waals surface area contributed by atoms with Gasteiger partial charge in [0.05, 0.1) is 12.0 Å². The van der Waals surface area contributed by atoms with E-state index in [2.05, 4.69) is 15.5 Å². The lowest BCUT2D eigenvalue weighted by Gasteiger charge is -2.17. The number of tetrazole rings is 1. The van der Waals surface area contributed by atoms with E-state index in [4.69, 9.17) is 5.11 Å². The lowest BCUT2D eigenvalue weighted by Crippen LogP contribution is -2.26. The van der Waals surface area contributed by atoms with E-state index < -0.39 is 36.4 Å². The second-order valence-corrected chi connectivity index (χ2v) is 3.70. The van der Waals surface area contributed by atoms with Gasteiger partial charge in [0.2, 0.25) is 0 Å². The molecule has 2 atom stereocenters. The molecule has 0 aliphatic heterocycles. The van der Waals surface area contributed by atoms with Gasteiger partial charge in [-0.2, -0.15) is 13.2 Å². The van der Waals surface area contributed by atoms with E-state index in [1.807, 2.05) is 0 Å². The summed E-state index contributed by atoms with van der Waals surface area (Å²) in [6, 6.07) is -0.750. The molecule has 6 nitrogen and oxygen atoms in total. The average molecular weight is 252 g/mol. The molecular weight excluding hydrogens is 241 g/mol. The van der Waals surface area contributed by atoms with Crippen molar-refractivity contribution in [1.29, 1.82) is 0 Å². The van der Waals surface area contributed by atoms with Crippen molar-refractivity contribution < 1.29 is 23.1 Å². The molecule has 1 aromatic heterocycles. The van der Waals surface area contributed by atoms with Crippen molar-refractivity contribution in [2.24, 2.45) is 5.92 Å². The van der Waals surface area contributed by atoms with Crippen LogP contribution in [0.2, 0.25) is 0 Å². The summed E-state index contributed by atoms with van der Waals surface area (Å²) in [5.41, 5.74) is 0. The van der Waals surface area contributed by atoms with Gasteiger partial charge >= 0.3 is 12.1 Å². The molecule has 0 aromatic carbocycles. The summed E-state index contributed by atoms with van der Waals surface area (Å²) in [6.07, 6.45) is -5.71. The molecule has 1 N–H and O–H groups in total. The van der Waals surface area contributed by atoms with Crippen LogP contribution in [-0.2, 0) is 11.2 Å². The Morgan fingerprint density at radius 2 is 2.06 bits per heavy atom. The molecule has 1 rings (SSSR count). The number of rotatable bonds is 4. The molecule has 0 saturated carbocycles. The number of aliphatic carboxylic acids is 1. The Kier molecular flexibility index (Phi) is 3.69. The first kappa shape index (κ1) is 13.4. The highest BCUT2D eigenvalue weighted by Gasteiger charge is 2.33. The molecule has 0 radical (unpaired) electrons. The maximum Gasteiger partial charge on any atom is 0.396 e. The fourth-order valence-corrected chi connectivity index (χ4v) is 1.24. The predicted octanol–water partition coefficient (Wildman–Crippen LogP) is 1.06. The molecule has 2 unspecified atom stereocenters. The van der Waals surface area contributed by atoms with E-state index >= 15 is 0 Å². The Bertz CT molecular complexity index is 404. The zero-order valence-electron chi connectivity index (χ0n) is 9.14. The molecule has 0 spiro atoms. The smallest absolute Gasteiger partial charge is 0.396 e. The summed E-state index contributed by atoms with van der Waals surface area (Å²) >= 11 is 0. The standard InChI is InChI=1S/C8H11F3N4O2/c1-4(7(16)17)5(2)15-6(12-13-14-15)3-8(9,10)11/h4-5H,3H2,1-2H3,(H,16,17). The zero-order valence-corrected chi connectivity index (χ0v) is 9.14. The lowest BCUT2D eigenvalue weighted by molar-refractivity contribution is -0.142. The molecule has 96 valence electrons. The first-order valence-electron chi connectivity index (χ1n) is 4.78. The van der Waals surface area contributed by atoms with Crippen molar-refractivity contribution in [2.45, 2.75) is 32.5 Å². The van der Waals surface area contributed by atoms with Gasteiger partial charge in [-0.25, -0.2) is 4.68 Å². The molecular formula is C8H11F3N4O2. The fourth-order valence-electron chi connectivity index (χ4n) is 1.24. The summed E-state index contributed by atoms with van der Waals surface area (Å²) in [5, 5.41) is 18.6. The average Bonchev–Trinajstić information content (AvgIpc) is 2.60. The van der Waals surface area contributed by atoms with Crippen molar-refractivity contribution >= 4 is 5.97 Å². The zero-order chi connectivity index (χ0) is 13.2. The molecule has 0 fully saturated rings. The lowest BCUT2D eigenvalue weighted by atomic mass is 10.0. The summed E-state index contributed by atoms with van der Waals surface area (Å²) < 4.78 is 37.5. The van der Waals surface area contributed by atoms with Crippen LogP contribution in [0.4, 0.5) is 13.2 Å². The van der Waals surface area contributed by atoms with Crippen LogP contribution in [0, 0.1) is 5.92 Å². The van der Waals surface area contributed by atoms with Crippen molar-refractivity contribution in [3.05, 3.63) is 5.82 Å². The Balaban J connectivity index is 2.92. The van der Waals surface area contributed by atoms with E-state index in [0.717, 1.165) is 4.68 Å². The van der Waals surface area contributed by atoms with Gasteiger partial charge in [0.1, 0.15) is 6.42 Å². The van der Waals surface area contributed by atoms with Gasteiger partial charge < -0.3 is 5.11 Å². The van der Waals surface area contributed by atoms with Crippen molar-refractivity contribution in [1.82, 2.24) is 20.2 Å². The molecule has 1 heterocycles. The van der Waals surface area contributed by atoms with Gasteiger partial charge in [0.25, 0.3) is 0 Å². The van der Waals surface area contributed by atoms with Crippen molar-refractivity contribution in [3.8, 4) is 0 Å². The van der Waals surface area contributed by atoms with Gasteiger partial charge in [-0.3, -0.25) is 4.79 Å². The monoisotopic (exact) mass is 252 g/mol. The van der Waals surface area contributed by atoms with E-state index in [9.17, 15) is 18.0 Å². The van der Waals surface area contributed by atoms with Gasteiger partial charge in [-0.15, -0.1) is 5.10 Å². The maximum atomic E-state index is 12.2. The number of hydrogen-bond acceptors (Lipinski definition) is 4. The van der Waals surface area contributed by atoms with Crippen LogP contribution in [0.15, 0.2) is 0 Å². The highest BCUT2D eigenvalue weighted by molar-refractivity contribution is 5.70. The molecule has 0 bridgehead atoms. The second kappa shape index (κ2) is 4.68. The Labute approximate surface area is 94.4 Å². The fraction of sp³-hybridized carbons (Fsp3) is 0.750. The third-order valence-corrected chi connectivity index (χ3v) is 2.42. The van der Waals surface area contributed by atoms with E-state index in [1.165, 1.54) is 13.8 Å². The first-order valence-corrected chi connectivity index (χ1v) is 4.78. The molecule has 1 aromatic rings. The highest BCUT2D eigenvalue weighted by Crippen LogP contribution is 2.23. The number of carbonyl (C=O) groups is 1. The summed E-state index contributed by atoms with van der Waals surface area (Å²) in [6.45, 7) is 2.83. The summed E-state index contributed by atoms with van der Waals surface area (Å²) in [7, 11) is 0. The minimum atomic E-state index is -4.43. The topological polar surface area (TPSA) is 80.9 Å². The number of aromatic nitrogens is 4. The third kappa shape index (κ3) is 3.40. The van der Waals surface area contributed by atoms with Crippen LogP contribution >= 0.6 is 0 Å². The van der Waals surface area contributed by atoms with Gasteiger partial charge in [-0.05, 0) is 24.3 Å². The first-order chi connectivity index (χ1) is 7.72. The molecule has 17 heavy (non-hydrogen) atoms. The molecule has 0 amide bonds. The Hall–Kier alpha value is -1.67. The van der Waals surface area contributed by atoms with Crippen LogP contribution in [0.25, 0.3) is 0 Å². The highest BCUT2D eigenvalue weighted by atomic mass is 19.4. The number of halogens is 3. The third-order valence-electron chi connectivity index (χ3n) is 2.42. The van der Waals surface area contributed by atoms with E-state index in [0.29, 0.717) is 0 Å². The predicted molar refractivity (Wildman–Crippen MR) is 49.1 cm³/mol. The van der Waals surface area contributed by atoms with Gasteiger partial charge in [0.15, 0.2) is 5.82 Å². The van der Waals surface area contributed by atoms with Crippen LogP contribution < -0.4 is 0 Å². The quantitative estimate of drug-likeness (QED) is 0.866. The normalized spacial score (nSPS) is 15.6. The maximum absolute atomic E-state index is 12.2. The number of alkyl halides is 3. The van der Waals surface area contributed by atoms with Crippen LogP contribution in [0.1, 0.15) is 25.7 Å². The minimum absolute atomic E-state index is 0.391. The van der Waals surface area contributed by atoms with Crippen LogP contribution in [0.3, 0.4) is 0 Å². The number of hydrogen-bond donors (Lipinski definition) is 1. The largest absolute Gasteiger partial charge is 0.481 e. The van der Waals surface area contributed by atoms with Crippen LogP contribution in [0.5, 0.6) is 0 Å². The number of carboxylic acids is 1. The van der Waals surface area contributed by atoms with Gasteiger partial charge in [0, 0.05) is 0 Å². The Morgan fingerprint density at radius 1 is 1.47 bits per heavy atom. The molecule has 9 heteroatoms. The van der Waals surface area contributed by atoms with Gasteiger partial charge in [-0.1, -0.05) is 0 Å². The second-order valence-electron chi connectivity index (χ2n) is 3.70. The molecule has 0 aliphatic carbocycles. The summed E-state index contributed by atoms with van der Waals surface area (Å²) in [5.74, 6) is -2.39. The SMILES string of the molecule is CC(C(=O)O)C(C)n1nnnc1CC(F)(F)F. The molecule has 0 aliphatic rings. The number of nitrogens with zero attached hydrogens (tertiary/aromatic N) is 4.